The topological polar surface area (TPSA) is 38.7 Å². The lowest BCUT2D eigenvalue weighted by Gasteiger charge is -2.20. The molecule has 20 heavy (non-hydrogen) atoms. The number of hydrogen-bond acceptors (Lipinski definition) is 3. The van der Waals surface area contributed by atoms with E-state index in [1.807, 2.05) is 57.2 Å². The minimum Gasteiger partial charge on any atom is -0.491 e. The molecule has 0 heterocycles. The van der Waals surface area contributed by atoms with Gasteiger partial charge in [0.2, 0.25) is 0 Å². The third kappa shape index (κ3) is 3.71. The van der Waals surface area contributed by atoms with Gasteiger partial charge >= 0.3 is 0 Å². The van der Waals surface area contributed by atoms with Gasteiger partial charge in [0.15, 0.2) is 0 Å². The van der Waals surface area contributed by atoms with Crippen molar-refractivity contribution in [2.45, 2.75) is 33.0 Å². The maximum atomic E-state index is 9.59. The summed E-state index contributed by atoms with van der Waals surface area (Å²) in [6.45, 7) is 7.02. The summed E-state index contributed by atoms with van der Waals surface area (Å²) in [6.07, 6.45) is 0. The Labute approximate surface area is 120 Å². The van der Waals surface area contributed by atoms with Crippen molar-refractivity contribution in [1.82, 2.24) is 0 Å². The normalized spacial score (nSPS) is 11.8. The van der Waals surface area contributed by atoms with Crippen LogP contribution in [-0.4, -0.2) is 23.9 Å². The molecule has 108 valence electrons. The zero-order chi connectivity index (χ0) is 14.6. The fraction of sp³-hybridized carbons (Fsp3) is 0.412. The molecule has 0 atom stereocenters. The van der Waals surface area contributed by atoms with Gasteiger partial charge in [0, 0.05) is 5.56 Å². The van der Waals surface area contributed by atoms with E-state index >= 15 is 0 Å². The van der Waals surface area contributed by atoms with Crippen molar-refractivity contribution in [2.75, 3.05) is 13.2 Å². The molecule has 1 N–H and O–H groups in total. The monoisotopic (exact) mass is 274 g/mol. The molecular formula is C17H22O3. The Bertz CT molecular complexity index is 570. The van der Waals surface area contributed by atoms with Crippen LogP contribution in [0.15, 0.2) is 36.4 Å². The first kappa shape index (κ1) is 14.8. The molecule has 0 spiro atoms. The highest BCUT2D eigenvalue weighted by molar-refractivity contribution is 5.87. The fourth-order valence-electron chi connectivity index (χ4n) is 2.11. The van der Waals surface area contributed by atoms with Gasteiger partial charge in [-0.2, -0.15) is 0 Å². The highest BCUT2D eigenvalue weighted by Gasteiger charge is 2.11. The van der Waals surface area contributed by atoms with Gasteiger partial charge in [-0.05, 0) is 37.6 Å². The molecule has 0 aromatic heterocycles. The molecule has 0 unspecified atom stereocenters. The van der Waals surface area contributed by atoms with Gasteiger partial charge in [-0.25, -0.2) is 0 Å². The molecule has 2 rings (SSSR count). The average molecular weight is 274 g/mol. The number of ether oxygens (including phenoxy) is 2. The molecular weight excluding hydrogens is 252 g/mol. The summed E-state index contributed by atoms with van der Waals surface area (Å²) < 4.78 is 11.4. The lowest BCUT2D eigenvalue weighted by molar-refractivity contribution is -0.0164. The van der Waals surface area contributed by atoms with Gasteiger partial charge in [-0.3, -0.25) is 0 Å². The van der Waals surface area contributed by atoms with Crippen LogP contribution in [0.3, 0.4) is 0 Å². The molecule has 0 aliphatic heterocycles. The Morgan fingerprint density at radius 1 is 1.00 bits per heavy atom. The van der Waals surface area contributed by atoms with E-state index in [1.165, 1.54) is 0 Å². The number of rotatable bonds is 5. The Balaban J connectivity index is 2.10. The molecule has 3 heteroatoms. The first-order chi connectivity index (χ1) is 9.51. The molecule has 0 amide bonds. The van der Waals surface area contributed by atoms with Crippen LogP contribution in [0.2, 0.25) is 0 Å². The number of fused-ring (bicyclic) bond motifs is 1. The van der Waals surface area contributed by atoms with Crippen LogP contribution in [0.4, 0.5) is 0 Å². The van der Waals surface area contributed by atoms with Crippen LogP contribution in [0.1, 0.15) is 26.3 Å². The van der Waals surface area contributed by atoms with Crippen LogP contribution in [0.25, 0.3) is 10.8 Å². The molecule has 0 radical (unpaired) electrons. The van der Waals surface area contributed by atoms with Gasteiger partial charge < -0.3 is 14.6 Å². The Hall–Kier alpha value is -1.58. The van der Waals surface area contributed by atoms with Crippen LogP contribution in [0.5, 0.6) is 5.75 Å². The van der Waals surface area contributed by atoms with E-state index in [1.54, 1.807) is 0 Å². The third-order valence-corrected chi connectivity index (χ3v) is 3.03. The predicted octanol–water partition coefficient (Wildman–Crippen LogP) is 3.53. The third-order valence-electron chi connectivity index (χ3n) is 3.03. The largest absolute Gasteiger partial charge is 0.491 e. The SMILES string of the molecule is CC(C)(C)OCCOc1ccc2ccccc2c1CO. The zero-order valence-electron chi connectivity index (χ0n) is 12.3. The number of benzene rings is 2. The highest BCUT2D eigenvalue weighted by Crippen LogP contribution is 2.28. The summed E-state index contributed by atoms with van der Waals surface area (Å²) in [6, 6.07) is 11.9. The van der Waals surface area contributed by atoms with Gasteiger partial charge in [-0.15, -0.1) is 0 Å². The van der Waals surface area contributed by atoms with Gasteiger partial charge in [-0.1, -0.05) is 30.3 Å². The second kappa shape index (κ2) is 6.25. The van der Waals surface area contributed by atoms with E-state index in [9.17, 15) is 5.11 Å². The van der Waals surface area contributed by atoms with E-state index in [0.29, 0.717) is 13.2 Å². The first-order valence-electron chi connectivity index (χ1n) is 6.89. The lowest BCUT2D eigenvalue weighted by atomic mass is 10.0. The number of aliphatic hydroxyl groups is 1. The predicted molar refractivity (Wildman–Crippen MR) is 81.1 cm³/mol. The van der Waals surface area contributed by atoms with Gasteiger partial charge in [0.05, 0.1) is 18.8 Å². The van der Waals surface area contributed by atoms with Crippen LogP contribution in [-0.2, 0) is 11.3 Å². The van der Waals surface area contributed by atoms with Gasteiger partial charge in [0.25, 0.3) is 0 Å². The highest BCUT2D eigenvalue weighted by atomic mass is 16.5. The quantitative estimate of drug-likeness (QED) is 0.848. The smallest absolute Gasteiger partial charge is 0.125 e. The maximum Gasteiger partial charge on any atom is 0.125 e. The van der Waals surface area contributed by atoms with E-state index in [4.69, 9.17) is 9.47 Å². The maximum absolute atomic E-state index is 9.59. The first-order valence-corrected chi connectivity index (χ1v) is 6.89. The lowest BCUT2D eigenvalue weighted by Crippen LogP contribution is -2.22. The second-order valence-corrected chi connectivity index (χ2v) is 5.73. The summed E-state index contributed by atoms with van der Waals surface area (Å²) in [5.41, 5.74) is 0.672. The number of hydrogen-bond donors (Lipinski definition) is 1. The molecule has 3 nitrogen and oxygen atoms in total. The van der Waals surface area contributed by atoms with Crippen molar-refractivity contribution in [1.29, 1.82) is 0 Å². The van der Waals surface area contributed by atoms with Crippen LogP contribution in [0, 0.1) is 0 Å². The molecule has 0 saturated heterocycles. The van der Waals surface area contributed by atoms with Crippen molar-refractivity contribution in [3.05, 3.63) is 42.0 Å². The van der Waals surface area contributed by atoms with Crippen molar-refractivity contribution in [3.63, 3.8) is 0 Å². The molecule has 0 aliphatic rings. The van der Waals surface area contributed by atoms with Crippen LogP contribution >= 0.6 is 0 Å². The Morgan fingerprint density at radius 2 is 1.75 bits per heavy atom. The summed E-state index contributed by atoms with van der Waals surface area (Å²) >= 11 is 0. The molecule has 0 fully saturated rings. The number of aliphatic hydroxyl groups excluding tert-OH is 1. The molecule has 2 aromatic carbocycles. The minimum absolute atomic E-state index is 0.0309. The van der Waals surface area contributed by atoms with E-state index in [0.717, 1.165) is 22.1 Å². The van der Waals surface area contributed by atoms with E-state index in [2.05, 4.69) is 0 Å². The fourth-order valence-corrected chi connectivity index (χ4v) is 2.11. The average Bonchev–Trinajstić information content (AvgIpc) is 2.42. The Kier molecular flexibility index (Phi) is 4.63. The Morgan fingerprint density at radius 3 is 2.45 bits per heavy atom. The summed E-state index contributed by atoms with van der Waals surface area (Å²) in [4.78, 5) is 0. The van der Waals surface area contributed by atoms with Crippen LogP contribution < -0.4 is 4.74 Å². The van der Waals surface area contributed by atoms with Crippen molar-refractivity contribution in [3.8, 4) is 5.75 Å². The summed E-state index contributed by atoms with van der Waals surface area (Å²) in [5.74, 6) is 0.726. The molecule has 0 aliphatic carbocycles. The van der Waals surface area contributed by atoms with Gasteiger partial charge in [0.1, 0.15) is 12.4 Å². The molecule has 0 saturated carbocycles. The summed E-state index contributed by atoms with van der Waals surface area (Å²) in [7, 11) is 0. The van der Waals surface area contributed by atoms with Crippen molar-refractivity contribution < 1.29 is 14.6 Å². The van der Waals surface area contributed by atoms with Crippen molar-refractivity contribution >= 4 is 10.8 Å². The van der Waals surface area contributed by atoms with E-state index in [-0.39, 0.29) is 12.2 Å². The molecule has 0 bridgehead atoms. The minimum atomic E-state index is -0.160. The zero-order valence-corrected chi connectivity index (χ0v) is 12.3. The molecule has 2 aromatic rings. The standard InChI is InChI=1S/C17H22O3/c1-17(2,3)20-11-10-19-16-9-8-13-6-4-5-7-14(13)15(16)12-18/h4-9,18H,10-12H2,1-3H3. The van der Waals surface area contributed by atoms with Crippen molar-refractivity contribution in [2.24, 2.45) is 0 Å². The summed E-state index contributed by atoms with van der Waals surface area (Å²) in [5, 5.41) is 11.7. The van der Waals surface area contributed by atoms with E-state index < -0.39 is 0 Å². The second-order valence-electron chi connectivity index (χ2n) is 5.73.